The Labute approximate surface area is 103 Å². The first kappa shape index (κ1) is 12.8. The third-order valence-electron chi connectivity index (χ3n) is 2.62. The van der Waals surface area contributed by atoms with Gasteiger partial charge in [-0.25, -0.2) is 17.5 Å². The molecule has 0 spiro atoms. The minimum absolute atomic E-state index is 0.139. The standard InChI is InChI=1S/C10H11ClFNO3S/c11-6-1-2-10(9(12)3-6)17(15,16)13-7-4-8(14)5-7/h1-3,7-8,13-14H,4-5H2. The summed E-state index contributed by atoms with van der Waals surface area (Å²) in [6.45, 7) is 0. The number of rotatable bonds is 3. The Balaban J connectivity index is 2.20. The third kappa shape index (κ3) is 2.77. The summed E-state index contributed by atoms with van der Waals surface area (Å²) in [5.74, 6) is -0.884. The summed E-state index contributed by atoms with van der Waals surface area (Å²) in [5.41, 5.74) is 0. The Hall–Kier alpha value is -0.690. The molecule has 94 valence electrons. The van der Waals surface area contributed by atoms with Gasteiger partial charge in [0.25, 0.3) is 0 Å². The van der Waals surface area contributed by atoms with E-state index in [1.165, 1.54) is 6.07 Å². The fraction of sp³-hybridized carbons (Fsp3) is 0.400. The van der Waals surface area contributed by atoms with E-state index in [0.29, 0.717) is 12.8 Å². The maximum absolute atomic E-state index is 13.4. The summed E-state index contributed by atoms with van der Waals surface area (Å²) in [5, 5.41) is 9.19. The first-order chi connectivity index (χ1) is 7.88. The van der Waals surface area contributed by atoms with Gasteiger partial charge in [-0.3, -0.25) is 0 Å². The van der Waals surface area contributed by atoms with Gasteiger partial charge in [-0.15, -0.1) is 0 Å². The molecule has 1 fully saturated rings. The molecule has 17 heavy (non-hydrogen) atoms. The highest BCUT2D eigenvalue weighted by atomic mass is 35.5. The van der Waals surface area contributed by atoms with E-state index in [1.807, 2.05) is 0 Å². The van der Waals surface area contributed by atoms with Crippen LogP contribution in [0, 0.1) is 5.82 Å². The van der Waals surface area contributed by atoms with Gasteiger partial charge < -0.3 is 5.11 Å². The molecular formula is C10H11ClFNO3S. The van der Waals surface area contributed by atoms with Gasteiger partial charge in [0.15, 0.2) is 0 Å². The van der Waals surface area contributed by atoms with E-state index in [4.69, 9.17) is 16.7 Å². The predicted octanol–water partition coefficient (Wildman–Crippen LogP) is 1.28. The van der Waals surface area contributed by atoms with Crippen LogP contribution in [0.1, 0.15) is 12.8 Å². The van der Waals surface area contributed by atoms with Crippen molar-refractivity contribution >= 4 is 21.6 Å². The van der Waals surface area contributed by atoms with Crippen molar-refractivity contribution in [1.29, 1.82) is 0 Å². The molecule has 0 amide bonds. The van der Waals surface area contributed by atoms with Crippen molar-refractivity contribution in [1.82, 2.24) is 4.72 Å². The number of nitrogens with one attached hydrogen (secondary N) is 1. The highest BCUT2D eigenvalue weighted by Gasteiger charge is 2.32. The zero-order chi connectivity index (χ0) is 12.6. The van der Waals surface area contributed by atoms with Gasteiger partial charge in [0.05, 0.1) is 6.10 Å². The second-order valence-corrected chi connectivity index (χ2v) is 6.14. The van der Waals surface area contributed by atoms with Crippen molar-refractivity contribution in [2.24, 2.45) is 0 Å². The average molecular weight is 280 g/mol. The van der Waals surface area contributed by atoms with Gasteiger partial charge in [-0.1, -0.05) is 11.6 Å². The van der Waals surface area contributed by atoms with Crippen molar-refractivity contribution in [3.63, 3.8) is 0 Å². The van der Waals surface area contributed by atoms with E-state index >= 15 is 0 Å². The molecule has 1 saturated carbocycles. The highest BCUT2D eigenvalue weighted by molar-refractivity contribution is 7.89. The first-order valence-electron chi connectivity index (χ1n) is 5.04. The molecule has 0 aromatic heterocycles. The van der Waals surface area contributed by atoms with Crippen LogP contribution >= 0.6 is 11.6 Å². The van der Waals surface area contributed by atoms with E-state index in [-0.39, 0.29) is 11.1 Å². The summed E-state index contributed by atoms with van der Waals surface area (Å²) in [6.07, 6.45) is 0.237. The molecule has 1 aromatic carbocycles. The zero-order valence-electron chi connectivity index (χ0n) is 8.73. The lowest BCUT2D eigenvalue weighted by molar-refractivity contribution is 0.0712. The van der Waals surface area contributed by atoms with Crippen LogP contribution in [0.2, 0.25) is 5.02 Å². The fourth-order valence-corrected chi connectivity index (χ4v) is 3.14. The second-order valence-electron chi connectivity index (χ2n) is 4.02. The number of aliphatic hydroxyl groups is 1. The summed E-state index contributed by atoms with van der Waals surface area (Å²) in [4.78, 5) is -0.428. The van der Waals surface area contributed by atoms with E-state index in [1.54, 1.807) is 0 Å². The van der Waals surface area contributed by atoms with Crippen LogP contribution in [-0.4, -0.2) is 25.7 Å². The van der Waals surface area contributed by atoms with Crippen LogP contribution < -0.4 is 4.72 Å². The second kappa shape index (κ2) is 4.53. The van der Waals surface area contributed by atoms with Crippen LogP contribution in [0.25, 0.3) is 0 Å². The maximum Gasteiger partial charge on any atom is 0.243 e. The van der Waals surface area contributed by atoms with Crippen molar-refractivity contribution in [2.45, 2.75) is 29.9 Å². The van der Waals surface area contributed by atoms with Crippen LogP contribution in [0.3, 0.4) is 0 Å². The van der Waals surface area contributed by atoms with Gasteiger partial charge in [0.1, 0.15) is 10.7 Å². The average Bonchev–Trinajstić information content (AvgIpc) is 2.14. The monoisotopic (exact) mass is 279 g/mol. The molecular weight excluding hydrogens is 269 g/mol. The lowest BCUT2D eigenvalue weighted by atomic mass is 9.91. The van der Waals surface area contributed by atoms with E-state index in [0.717, 1.165) is 12.1 Å². The molecule has 0 radical (unpaired) electrons. The minimum atomic E-state index is -3.89. The van der Waals surface area contributed by atoms with Gasteiger partial charge in [-0.05, 0) is 31.0 Å². The smallest absolute Gasteiger partial charge is 0.243 e. The Kier molecular flexibility index (Phi) is 3.40. The molecule has 0 aliphatic heterocycles. The summed E-state index contributed by atoms with van der Waals surface area (Å²) in [7, 11) is -3.89. The Morgan fingerprint density at radius 3 is 2.59 bits per heavy atom. The van der Waals surface area contributed by atoms with Crippen LogP contribution in [0.4, 0.5) is 4.39 Å². The van der Waals surface area contributed by atoms with Crippen molar-refractivity contribution in [2.75, 3.05) is 0 Å². The number of hydrogen-bond donors (Lipinski definition) is 2. The molecule has 2 rings (SSSR count). The molecule has 0 saturated heterocycles. The molecule has 1 aromatic rings. The Morgan fingerprint density at radius 1 is 1.41 bits per heavy atom. The normalized spacial score (nSPS) is 24.4. The third-order valence-corrected chi connectivity index (χ3v) is 4.41. The zero-order valence-corrected chi connectivity index (χ0v) is 10.3. The lowest BCUT2D eigenvalue weighted by Gasteiger charge is -2.31. The lowest BCUT2D eigenvalue weighted by Crippen LogP contribution is -2.46. The summed E-state index contributed by atoms with van der Waals surface area (Å²) >= 11 is 5.54. The molecule has 1 aliphatic rings. The quantitative estimate of drug-likeness (QED) is 0.876. The molecule has 0 atom stereocenters. The van der Waals surface area contributed by atoms with Gasteiger partial charge in [0.2, 0.25) is 10.0 Å². The van der Waals surface area contributed by atoms with Crippen LogP contribution in [-0.2, 0) is 10.0 Å². The van der Waals surface area contributed by atoms with Gasteiger partial charge in [0, 0.05) is 11.1 Å². The molecule has 0 heterocycles. The van der Waals surface area contributed by atoms with Gasteiger partial charge in [-0.2, -0.15) is 0 Å². The SMILES string of the molecule is O=S(=O)(NC1CC(O)C1)c1ccc(Cl)cc1F. The van der Waals surface area contributed by atoms with E-state index < -0.39 is 26.8 Å². The fourth-order valence-electron chi connectivity index (χ4n) is 1.66. The first-order valence-corrected chi connectivity index (χ1v) is 6.90. The molecule has 7 heteroatoms. The maximum atomic E-state index is 13.4. The van der Waals surface area contributed by atoms with Crippen molar-refractivity contribution in [3.05, 3.63) is 29.0 Å². The van der Waals surface area contributed by atoms with Crippen molar-refractivity contribution < 1.29 is 17.9 Å². The Morgan fingerprint density at radius 2 is 2.06 bits per heavy atom. The van der Waals surface area contributed by atoms with Crippen LogP contribution in [0.15, 0.2) is 23.1 Å². The summed E-state index contributed by atoms with van der Waals surface area (Å²) in [6, 6.07) is 3.06. The number of aliphatic hydroxyl groups excluding tert-OH is 1. The van der Waals surface area contributed by atoms with Gasteiger partial charge >= 0.3 is 0 Å². The molecule has 4 nitrogen and oxygen atoms in total. The van der Waals surface area contributed by atoms with Crippen LogP contribution in [0.5, 0.6) is 0 Å². The molecule has 1 aliphatic carbocycles. The highest BCUT2D eigenvalue weighted by Crippen LogP contribution is 2.24. The summed E-state index contributed by atoms with van der Waals surface area (Å²) < 4.78 is 39.4. The number of hydrogen-bond acceptors (Lipinski definition) is 3. The largest absolute Gasteiger partial charge is 0.393 e. The molecule has 2 N–H and O–H groups in total. The van der Waals surface area contributed by atoms with Crippen molar-refractivity contribution in [3.8, 4) is 0 Å². The van der Waals surface area contributed by atoms with E-state index in [2.05, 4.69) is 4.72 Å². The topological polar surface area (TPSA) is 66.4 Å². The van der Waals surface area contributed by atoms with E-state index in [9.17, 15) is 12.8 Å². The molecule has 0 bridgehead atoms. The minimum Gasteiger partial charge on any atom is -0.393 e. The molecule has 0 unspecified atom stereocenters. The number of sulfonamides is 1. The number of halogens is 2. The number of benzene rings is 1. The predicted molar refractivity (Wildman–Crippen MR) is 60.8 cm³/mol. The Bertz CT molecular complexity index is 528.